The third-order valence-corrected chi connectivity index (χ3v) is 5.09. The molecule has 0 radical (unpaired) electrons. The molecule has 0 aliphatic carbocycles. The number of aryl methyl sites for hydroxylation is 1. The number of H-pyrrole nitrogens is 1. The number of nitrogens with one attached hydrogen (secondary N) is 1. The van der Waals surface area contributed by atoms with Crippen LogP contribution in [0.25, 0.3) is 10.9 Å². The molecule has 0 atom stereocenters. The molecule has 0 amide bonds. The summed E-state index contributed by atoms with van der Waals surface area (Å²) >= 11 is 0. The van der Waals surface area contributed by atoms with Gasteiger partial charge in [0.05, 0.1) is 16.0 Å². The van der Waals surface area contributed by atoms with Crippen LogP contribution in [0.3, 0.4) is 0 Å². The van der Waals surface area contributed by atoms with Gasteiger partial charge in [-0.1, -0.05) is 42.5 Å². The van der Waals surface area contributed by atoms with Crippen molar-refractivity contribution in [2.45, 2.75) is 11.8 Å². The van der Waals surface area contributed by atoms with E-state index in [1.165, 1.54) is 35.2 Å². The van der Waals surface area contributed by atoms with Crippen LogP contribution in [0, 0.1) is 6.92 Å². The Bertz CT molecular complexity index is 1280. The van der Waals surface area contributed by atoms with Crippen LogP contribution in [0.5, 0.6) is 0 Å². The Morgan fingerprint density at radius 1 is 0.812 bits per heavy atom. The maximum atomic E-state index is 10.6. The molecule has 0 saturated heterocycles. The first kappa shape index (κ1) is 24.3. The van der Waals surface area contributed by atoms with Gasteiger partial charge in [0, 0.05) is 11.7 Å². The number of aromatic carboxylic acids is 2. The van der Waals surface area contributed by atoms with Crippen molar-refractivity contribution < 1.29 is 32.8 Å². The predicted molar refractivity (Wildman–Crippen MR) is 120 cm³/mol. The molecular formula is C23H21NO7S. The normalized spacial score (nSPS) is 10.3. The Hall–Kier alpha value is -3.95. The fourth-order valence-electron chi connectivity index (χ4n) is 2.57. The first-order valence-corrected chi connectivity index (χ1v) is 10.7. The molecule has 0 bridgehead atoms. The molecule has 166 valence electrons. The highest BCUT2D eigenvalue weighted by molar-refractivity contribution is 7.85. The smallest absolute Gasteiger partial charge is 0.335 e. The lowest BCUT2D eigenvalue weighted by atomic mass is 10.1. The molecule has 0 saturated carbocycles. The number of carboxylic acids is 2. The Morgan fingerprint density at radius 2 is 1.44 bits per heavy atom. The highest BCUT2D eigenvalue weighted by Crippen LogP contribution is 2.11. The maximum Gasteiger partial charge on any atom is 0.335 e. The number of carbonyl (C=O) groups is 2. The zero-order valence-electron chi connectivity index (χ0n) is 17.0. The first-order valence-electron chi connectivity index (χ1n) is 9.21. The van der Waals surface area contributed by atoms with Crippen LogP contribution in [0.1, 0.15) is 26.3 Å². The summed E-state index contributed by atoms with van der Waals surface area (Å²) in [4.78, 5) is 24.1. The number of carboxylic acid groups (broad SMARTS) is 2. The number of fused-ring (bicyclic) bond motifs is 1. The summed E-state index contributed by atoms with van der Waals surface area (Å²) in [6.07, 6.45) is 1.95. The van der Waals surface area contributed by atoms with Crippen LogP contribution in [0.2, 0.25) is 0 Å². The minimum absolute atomic E-state index is 0.0111. The number of aromatic nitrogens is 1. The largest absolute Gasteiger partial charge is 0.478 e. The summed E-state index contributed by atoms with van der Waals surface area (Å²) in [5.74, 6) is -2.23. The minimum Gasteiger partial charge on any atom is -0.478 e. The third-order valence-electron chi connectivity index (χ3n) is 4.22. The Labute approximate surface area is 184 Å². The number of aromatic amines is 1. The van der Waals surface area contributed by atoms with Gasteiger partial charge in [0.2, 0.25) is 0 Å². The summed E-state index contributed by atoms with van der Waals surface area (Å²) in [5, 5.41) is 18.5. The van der Waals surface area contributed by atoms with Crippen LogP contribution in [0.4, 0.5) is 0 Å². The van der Waals surface area contributed by atoms with Gasteiger partial charge in [-0.3, -0.25) is 4.55 Å². The molecule has 0 aliphatic rings. The third kappa shape index (κ3) is 7.08. The van der Waals surface area contributed by atoms with Crippen LogP contribution < -0.4 is 0 Å². The number of rotatable bonds is 3. The predicted octanol–water partition coefficient (Wildman–Crippen LogP) is 4.49. The standard InChI is InChI=1S/C9H8O4.C8H7N.C6H6O3S/c1-5-2-3-6(8(10)11)4-7(5)9(12)13;1-2-4-8-7(3-1)5-6-9-8;7-10(8,9)6-4-2-1-3-5-6/h2-4H,1H3,(H,10,11)(H,12,13);1-6,9H;1-5H,(H,7,8,9). The molecule has 4 aromatic rings. The van der Waals surface area contributed by atoms with Gasteiger partial charge in [-0.05, 0) is 54.3 Å². The van der Waals surface area contributed by atoms with Gasteiger partial charge < -0.3 is 15.2 Å². The Balaban J connectivity index is 0.000000173. The number of para-hydroxylation sites is 1. The van der Waals surface area contributed by atoms with E-state index in [9.17, 15) is 18.0 Å². The van der Waals surface area contributed by atoms with E-state index >= 15 is 0 Å². The fourth-order valence-corrected chi connectivity index (χ4v) is 3.07. The van der Waals surface area contributed by atoms with Gasteiger partial charge in [0.25, 0.3) is 10.1 Å². The molecule has 8 nitrogen and oxygen atoms in total. The minimum atomic E-state index is -4.00. The van der Waals surface area contributed by atoms with E-state index in [4.69, 9.17) is 14.8 Å². The SMILES string of the molecule is Cc1ccc(C(=O)O)cc1C(=O)O.O=S(=O)(O)c1ccccc1.c1ccc2[nH]ccc2c1. The Kier molecular flexibility index (Phi) is 8.28. The molecule has 0 fully saturated rings. The van der Waals surface area contributed by atoms with E-state index in [0.717, 1.165) is 6.07 Å². The van der Waals surface area contributed by atoms with Crippen molar-refractivity contribution in [2.75, 3.05) is 0 Å². The van der Waals surface area contributed by atoms with Crippen LogP contribution in [-0.4, -0.2) is 40.1 Å². The molecule has 1 aromatic heterocycles. The Morgan fingerprint density at radius 3 is 1.97 bits per heavy atom. The summed E-state index contributed by atoms with van der Waals surface area (Å²) in [6, 6.07) is 21.7. The van der Waals surface area contributed by atoms with Crippen molar-refractivity contribution >= 4 is 33.0 Å². The van der Waals surface area contributed by atoms with Gasteiger partial charge in [0.1, 0.15) is 0 Å². The van der Waals surface area contributed by atoms with Crippen LogP contribution >= 0.6 is 0 Å². The quantitative estimate of drug-likeness (QED) is 0.333. The van der Waals surface area contributed by atoms with Gasteiger partial charge >= 0.3 is 11.9 Å². The molecule has 3 aromatic carbocycles. The molecule has 0 unspecified atom stereocenters. The summed E-state index contributed by atoms with van der Waals surface area (Å²) in [6.45, 7) is 1.62. The van der Waals surface area contributed by atoms with Crippen molar-refractivity contribution in [2.24, 2.45) is 0 Å². The van der Waals surface area contributed by atoms with Crippen LogP contribution in [0.15, 0.2) is 90.0 Å². The lowest BCUT2D eigenvalue weighted by molar-refractivity contribution is 0.0695. The lowest BCUT2D eigenvalue weighted by Crippen LogP contribution is -2.03. The maximum absolute atomic E-state index is 10.6. The second kappa shape index (κ2) is 10.9. The van der Waals surface area contributed by atoms with E-state index in [-0.39, 0.29) is 16.0 Å². The van der Waals surface area contributed by atoms with Gasteiger partial charge in [-0.2, -0.15) is 8.42 Å². The molecule has 1 heterocycles. The second-order valence-electron chi connectivity index (χ2n) is 6.49. The molecule has 32 heavy (non-hydrogen) atoms. The zero-order valence-corrected chi connectivity index (χ0v) is 17.8. The van der Waals surface area contributed by atoms with E-state index in [2.05, 4.69) is 23.2 Å². The van der Waals surface area contributed by atoms with Gasteiger partial charge in [-0.15, -0.1) is 0 Å². The van der Waals surface area contributed by atoms with Crippen molar-refractivity contribution in [1.29, 1.82) is 0 Å². The van der Waals surface area contributed by atoms with Gasteiger partial charge in [-0.25, -0.2) is 9.59 Å². The summed E-state index contributed by atoms with van der Waals surface area (Å²) < 4.78 is 29.2. The number of hydrogen-bond acceptors (Lipinski definition) is 4. The van der Waals surface area contributed by atoms with E-state index in [1.807, 2.05) is 18.3 Å². The summed E-state index contributed by atoms with van der Waals surface area (Å²) in [5.41, 5.74) is 1.78. The monoisotopic (exact) mass is 455 g/mol. The molecular weight excluding hydrogens is 434 g/mol. The second-order valence-corrected chi connectivity index (χ2v) is 7.91. The first-order chi connectivity index (χ1) is 15.1. The average molecular weight is 455 g/mol. The number of hydrogen-bond donors (Lipinski definition) is 4. The molecule has 4 N–H and O–H groups in total. The molecule has 0 aliphatic heterocycles. The molecule has 4 rings (SSSR count). The number of benzene rings is 3. The summed E-state index contributed by atoms with van der Waals surface area (Å²) in [7, 11) is -4.00. The van der Waals surface area contributed by atoms with Crippen molar-refractivity contribution in [3.63, 3.8) is 0 Å². The average Bonchev–Trinajstić information content (AvgIpc) is 3.23. The van der Waals surface area contributed by atoms with Crippen LogP contribution in [-0.2, 0) is 10.1 Å². The van der Waals surface area contributed by atoms with Crippen molar-refractivity contribution in [3.05, 3.63) is 102 Å². The lowest BCUT2D eigenvalue weighted by Gasteiger charge is -2.01. The highest BCUT2D eigenvalue weighted by Gasteiger charge is 2.10. The topological polar surface area (TPSA) is 145 Å². The van der Waals surface area contributed by atoms with Crippen molar-refractivity contribution in [1.82, 2.24) is 4.98 Å². The van der Waals surface area contributed by atoms with Gasteiger partial charge in [0.15, 0.2) is 0 Å². The van der Waals surface area contributed by atoms with E-state index in [0.29, 0.717) is 5.56 Å². The highest BCUT2D eigenvalue weighted by atomic mass is 32.2. The van der Waals surface area contributed by atoms with Crippen molar-refractivity contribution in [3.8, 4) is 0 Å². The van der Waals surface area contributed by atoms with E-state index < -0.39 is 22.1 Å². The molecule has 0 spiro atoms. The molecule has 9 heteroatoms. The zero-order chi connectivity index (χ0) is 23.7. The van der Waals surface area contributed by atoms with E-state index in [1.54, 1.807) is 25.1 Å². The fraction of sp³-hybridized carbons (Fsp3) is 0.0435.